The number of benzene rings is 2. The minimum atomic E-state index is -0.316. The van der Waals surface area contributed by atoms with Crippen LogP contribution in [-0.2, 0) is 0 Å². The second-order valence-electron chi connectivity index (χ2n) is 6.93. The first-order valence-corrected chi connectivity index (χ1v) is 10.8. The van der Waals surface area contributed by atoms with Crippen LogP contribution in [0.1, 0.15) is 35.4 Å². The van der Waals surface area contributed by atoms with Crippen LogP contribution in [0.25, 0.3) is 0 Å². The van der Waals surface area contributed by atoms with E-state index in [0.717, 1.165) is 49.3 Å². The van der Waals surface area contributed by atoms with Crippen molar-refractivity contribution < 1.29 is 9.47 Å². The summed E-state index contributed by atoms with van der Waals surface area (Å²) < 4.78 is 13.7. The molecule has 0 bridgehead atoms. The Kier molecular flexibility index (Phi) is 4.80. The quantitative estimate of drug-likeness (QED) is 0.439. The van der Waals surface area contributed by atoms with Crippen molar-refractivity contribution in [2.24, 2.45) is 5.10 Å². The van der Waals surface area contributed by atoms with E-state index in [1.54, 1.807) is 19.5 Å². The molecule has 0 spiro atoms. The van der Waals surface area contributed by atoms with Crippen molar-refractivity contribution in [3.8, 4) is 11.5 Å². The van der Waals surface area contributed by atoms with Gasteiger partial charge in [-0.3, -0.25) is 4.98 Å². The summed E-state index contributed by atoms with van der Waals surface area (Å²) in [6.07, 6.45) is 4.05. The Labute approximate surface area is 185 Å². The SMILES string of the molecule is COc1ccc(C2=NN3C(C2)c2cc(Br)cc(Br)c2OC3c2ccncc2)cc1. The van der Waals surface area contributed by atoms with E-state index in [-0.39, 0.29) is 12.3 Å². The predicted octanol–water partition coefficient (Wildman–Crippen LogP) is 5.86. The molecule has 146 valence electrons. The van der Waals surface area contributed by atoms with Crippen molar-refractivity contribution in [3.05, 3.63) is 86.6 Å². The highest BCUT2D eigenvalue weighted by atomic mass is 79.9. The Morgan fingerprint density at radius 2 is 1.83 bits per heavy atom. The largest absolute Gasteiger partial charge is 0.497 e. The van der Waals surface area contributed by atoms with E-state index in [2.05, 4.69) is 60.1 Å². The number of hydrogen-bond donors (Lipinski definition) is 0. The minimum Gasteiger partial charge on any atom is -0.497 e. The van der Waals surface area contributed by atoms with Gasteiger partial charge in [-0.25, -0.2) is 5.01 Å². The van der Waals surface area contributed by atoms with Gasteiger partial charge in [0, 0.05) is 34.4 Å². The van der Waals surface area contributed by atoms with Gasteiger partial charge < -0.3 is 9.47 Å². The van der Waals surface area contributed by atoms with Gasteiger partial charge in [0.2, 0.25) is 6.23 Å². The maximum absolute atomic E-state index is 6.44. The van der Waals surface area contributed by atoms with Crippen molar-refractivity contribution in [1.29, 1.82) is 0 Å². The molecule has 5 nitrogen and oxygen atoms in total. The second-order valence-corrected chi connectivity index (χ2v) is 8.70. The molecular formula is C22H17Br2N3O2. The number of fused-ring (bicyclic) bond motifs is 3. The molecule has 2 unspecified atom stereocenters. The molecular weight excluding hydrogens is 498 g/mol. The lowest BCUT2D eigenvalue weighted by molar-refractivity contribution is -0.0197. The average molecular weight is 515 g/mol. The molecule has 3 aromatic rings. The summed E-state index contributed by atoms with van der Waals surface area (Å²) >= 11 is 7.28. The number of aromatic nitrogens is 1. The maximum atomic E-state index is 6.44. The molecule has 0 fully saturated rings. The van der Waals surface area contributed by atoms with Crippen molar-refractivity contribution in [1.82, 2.24) is 9.99 Å². The van der Waals surface area contributed by atoms with Crippen LogP contribution in [0.2, 0.25) is 0 Å². The molecule has 7 heteroatoms. The second kappa shape index (κ2) is 7.46. The molecule has 0 saturated carbocycles. The molecule has 0 saturated heterocycles. The molecule has 1 aromatic heterocycles. The van der Waals surface area contributed by atoms with Crippen LogP contribution in [0, 0.1) is 0 Å². The van der Waals surface area contributed by atoms with Crippen LogP contribution in [0.15, 0.2) is 75.0 Å². The third-order valence-corrected chi connectivity index (χ3v) is 6.27. The third kappa shape index (κ3) is 3.32. The Hall–Kier alpha value is -2.38. The Morgan fingerprint density at radius 1 is 1.07 bits per heavy atom. The van der Waals surface area contributed by atoms with Gasteiger partial charge in [-0.05, 0) is 70.0 Å². The molecule has 2 aliphatic heterocycles. The Balaban J connectivity index is 1.60. The lowest BCUT2D eigenvalue weighted by atomic mass is 9.96. The number of ether oxygens (including phenoxy) is 2. The van der Waals surface area contributed by atoms with Gasteiger partial charge in [-0.15, -0.1) is 0 Å². The number of hydrazone groups is 1. The summed E-state index contributed by atoms with van der Waals surface area (Å²) in [5.74, 6) is 1.70. The first kappa shape index (κ1) is 18.6. The van der Waals surface area contributed by atoms with Crippen LogP contribution >= 0.6 is 31.9 Å². The third-order valence-electron chi connectivity index (χ3n) is 5.22. The van der Waals surface area contributed by atoms with Crippen LogP contribution < -0.4 is 9.47 Å². The highest BCUT2D eigenvalue weighted by Gasteiger charge is 2.41. The van der Waals surface area contributed by atoms with Crippen LogP contribution in [-0.4, -0.2) is 22.8 Å². The number of methoxy groups -OCH3 is 1. The summed E-state index contributed by atoms with van der Waals surface area (Å²) in [5, 5.41) is 7.05. The smallest absolute Gasteiger partial charge is 0.214 e. The van der Waals surface area contributed by atoms with Gasteiger partial charge in [-0.1, -0.05) is 15.9 Å². The normalized spacial score (nSPS) is 19.8. The van der Waals surface area contributed by atoms with Crippen LogP contribution in [0.5, 0.6) is 11.5 Å². The maximum Gasteiger partial charge on any atom is 0.214 e. The van der Waals surface area contributed by atoms with E-state index in [9.17, 15) is 0 Å². The fourth-order valence-corrected chi connectivity index (χ4v) is 5.17. The van der Waals surface area contributed by atoms with Crippen LogP contribution in [0.4, 0.5) is 0 Å². The van der Waals surface area contributed by atoms with Gasteiger partial charge in [0.1, 0.15) is 11.5 Å². The van der Waals surface area contributed by atoms with Crippen molar-refractivity contribution in [2.75, 3.05) is 7.11 Å². The van der Waals surface area contributed by atoms with E-state index >= 15 is 0 Å². The molecule has 5 rings (SSSR count). The van der Waals surface area contributed by atoms with E-state index in [1.807, 2.05) is 30.3 Å². The van der Waals surface area contributed by atoms with Gasteiger partial charge >= 0.3 is 0 Å². The molecule has 0 N–H and O–H groups in total. The molecule has 3 heterocycles. The number of rotatable bonds is 3. The van der Waals surface area contributed by atoms with Crippen molar-refractivity contribution in [2.45, 2.75) is 18.7 Å². The fourth-order valence-electron chi connectivity index (χ4n) is 3.82. The van der Waals surface area contributed by atoms with Crippen LogP contribution in [0.3, 0.4) is 0 Å². The molecule has 2 aromatic carbocycles. The zero-order valence-corrected chi connectivity index (χ0v) is 18.7. The monoisotopic (exact) mass is 513 g/mol. The van der Waals surface area contributed by atoms with Gasteiger partial charge in [0.15, 0.2) is 0 Å². The predicted molar refractivity (Wildman–Crippen MR) is 118 cm³/mol. The first-order valence-electron chi connectivity index (χ1n) is 9.20. The summed E-state index contributed by atoms with van der Waals surface area (Å²) in [4.78, 5) is 4.14. The van der Waals surface area contributed by atoms with Gasteiger partial charge in [0.25, 0.3) is 0 Å². The van der Waals surface area contributed by atoms with Crippen molar-refractivity contribution in [3.63, 3.8) is 0 Å². The summed E-state index contributed by atoms with van der Waals surface area (Å²) in [7, 11) is 1.67. The Bertz CT molecular complexity index is 1090. The average Bonchev–Trinajstić information content (AvgIpc) is 3.20. The van der Waals surface area contributed by atoms with E-state index < -0.39 is 0 Å². The number of nitrogens with zero attached hydrogens (tertiary/aromatic N) is 3. The lowest BCUT2D eigenvalue weighted by Crippen LogP contribution is -2.33. The molecule has 0 aliphatic carbocycles. The Morgan fingerprint density at radius 3 is 2.55 bits per heavy atom. The highest BCUT2D eigenvalue weighted by molar-refractivity contribution is 9.11. The summed E-state index contributed by atoms with van der Waals surface area (Å²) in [5.41, 5.74) is 4.25. The zero-order chi connectivity index (χ0) is 20.0. The fraction of sp³-hybridized carbons (Fsp3) is 0.182. The van der Waals surface area contributed by atoms with Gasteiger partial charge in [0.05, 0.1) is 23.3 Å². The minimum absolute atomic E-state index is 0.0859. The number of hydrogen-bond acceptors (Lipinski definition) is 5. The van der Waals surface area contributed by atoms with E-state index in [0.29, 0.717) is 0 Å². The van der Waals surface area contributed by atoms with E-state index in [1.165, 1.54) is 0 Å². The highest BCUT2D eigenvalue weighted by Crippen LogP contribution is 2.50. The standard InChI is InChI=1S/C22H17Br2N3O2/c1-28-16-4-2-13(3-5-16)19-12-20-17-10-15(23)11-18(24)21(17)29-22(27(20)26-19)14-6-8-25-9-7-14/h2-11,20,22H,12H2,1H3. The summed E-state index contributed by atoms with van der Waals surface area (Å²) in [6.45, 7) is 0. The van der Waals surface area contributed by atoms with Gasteiger partial charge in [-0.2, -0.15) is 5.10 Å². The molecule has 29 heavy (non-hydrogen) atoms. The molecule has 2 aliphatic rings. The number of halogens is 2. The molecule has 2 atom stereocenters. The summed E-state index contributed by atoms with van der Waals surface area (Å²) in [6, 6.07) is 16.2. The molecule has 0 amide bonds. The molecule has 0 radical (unpaired) electrons. The number of pyridine rings is 1. The van der Waals surface area contributed by atoms with Crippen molar-refractivity contribution >= 4 is 37.6 Å². The van der Waals surface area contributed by atoms with E-state index in [4.69, 9.17) is 14.6 Å². The topological polar surface area (TPSA) is 47.0 Å². The lowest BCUT2D eigenvalue weighted by Gasteiger charge is -2.38. The zero-order valence-electron chi connectivity index (χ0n) is 15.5. The first-order chi connectivity index (χ1) is 14.1.